The lowest BCUT2D eigenvalue weighted by Crippen LogP contribution is -2.34. The van der Waals surface area contributed by atoms with Gasteiger partial charge in [-0.3, -0.25) is 0 Å². The van der Waals surface area contributed by atoms with Gasteiger partial charge in [0.25, 0.3) is 0 Å². The maximum Gasteiger partial charge on any atom is 0.616 e. The molecule has 0 saturated heterocycles. The standard InChI is InChI=1S/C8H18F3NSi/c1-4-12(5-2)8(3)6-7-13(9,10)11/h8H,4-7H2,1-3H3. The van der Waals surface area contributed by atoms with Crippen LogP contribution in [0, 0.1) is 0 Å². The molecule has 0 spiro atoms. The highest BCUT2D eigenvalue weighted by atomic mass is 28.5. The lowest BCUT2D eigenvalue weighted by atomic mass is 10.2. The van der Waals surface area contributed by atoms with Gasteiger partial charge in [0.15, 0.2) is 0 Å². The van der Waals surface area contributed by atoms with Gasteiger partial charge in [0.1, 0.15) is 0 Å². The van der Waals surface area contributed by atoms with E-state index in [-0.39, 0.29) is 12.5 Å². The van der Waals surface area contributed by atoms with Crippen molar-refractivity contribution in [2.45, 2.75) is 39.3 Å². The van der Waals surface area contributed by atoms with E-state index < -0.39 is 15.1 Å². The van der Waals surface area contributed by atoms with Crippen molar-refractivity contribution in [3.63, 3.8) is 0 Å². The summed E-state index contributed by atoms with van der Waals surface area (Å²) in [5.41, 5.74) is 0. The minimum atomic E-state index is -5.32. The molecule has 0 aromatic carbocycles. The van der Waals surface area contributed by atoms with E-state index in [0.717, 1.165) is 13.1 Å². The van der Waals surface area contributed by atoms with Crippen LogP contribution in [0.1, 0.15) is 27.2 Å². The van der Waals surface area contributed by atoms with Gasteiger partial charge in [0.05, 0.1) is 0 Å². The smallest absolute Gasteiger partial charge is 0.301 e. The number of hydrogen-bond donors (Lipinski definition) is 0. The van der Waals surface area contributed by atoms with Crippen LogP contribution < -0.4 is 0 Å². The first-order valence-electron chi connectivity index (χ1n) is 4.71. The average Bonchev–Trinajstić information content (AvgIpc) is 2.02. The largest absolute Gasteiger partial charge is 0.616 e. The molecule has 0 aliphatic heterocycles. The Morgan fingerprint density at radius 3 is 1.92 bits per heavy atom. The zero-order valence-corrected chi connectivity index (χ0v) is 9.49. The molecule has 0 radical (unpaired) electrons. The van der Waals surface area contributed by atoms with E-state index in [9.17, 15) is 12.3 Å². The molecule has 1 atom stereocenters. The molecule has 0 fully saturated rings. The first-order chi connectivity index (χ1) is 5.90. The van der Waals surface area contributed by atoms with Crippen molar-refractivity contribution in [3.05, 3.63) is 0 Å². The van der Waals surface area contributed by atoms with Crippen LogP contribution in [0.25, 0.3) is 0 Å². The molecule has 0 heterocycles. The zero-order valence-electron chi connectivity index (χ0n) is 8.49. The van der Waals surface area contributed by atoms with E-state index >= 15 is 0 Å². The molecule has 5 heteroatoms. The lowest BCUT2D eigenvalue weighted by molar-refractivity contribution is 0.223. The van der Waals surface area contributed by atoms with Crippen molar-refractivity contribution in [2.24, 2.45) is 0 Å². The predicted molar refractivity (Wildman–Crippen MR) is 50.9 cm³/mol. The monoisotopic (exact) mass is 213 g/mol. The van der Waals surface area contributed by atoms with Crippen LogP contribution in [0.4, 0.5) is 12.3 Å². The highest BCUT2D eigenvalue weighted by Gasteiger charge is 2.36. The van der Waals surface area contributed by atoms with E-state index in [4.69, 9.17) is 0 Å². The molecule has 80 valence electrons. The molecule has 1 unspecified atom stereocenters. The third-order valence-electron chi connectivity index (χ3n) is 2.28. The molecule has 0 aromatic heterocycles. The Hall–Kier alpha value is -0.0331. The molecule has 13 heavy (non-hydrogen) atoms. The summed E-state index contributed by atoms with van der Waals surface area (Å²) in [6.45, 7) is 7.48. The third kappa shape index (κ3) is 6.09. The van der Waals surface area contributed by atoms with Gasteiger partial charge < -0.3 is 4.90 Å². The predicted octanol–water partition coefficient (Wildman–Crippen LogP) is 2.95. The van der Waals surface area contributed by atoms with Crippen LogP contribution in [0.2, 0.25) is 6.04 Å². The van der Waals surface area contributed by atoms with Gasteiger partial charge >= 0.3 is 9.08 Å². The summed E-state index contributed by atoms with van der Waals surface area (Å²) in [7, 11) is -5.32. The fourth-order valence-electron chi connectivity index (χ4n) is 1.40. The molecule has 1 nitrogen and oxygen atoms in total. The molecule has 0 aliphatic carbocycles. The second-order valence-electron chi connectivity index (χ2n) is 3.22. The van der Waals surface area contributed by atoms with E-state index in [1.54, 1.807) is 0 Å². The number of halogens is 3. The molecule has 0 rings (SSSR count). The van der Waals surface area contributed by atoms with Crippen molar-refractivity contribution >= 4 is 9.08 Å². The zero-order chi connectivity index (χ0) is 10.5. The molecule has 0 aliphatic rings. The van der Waals surface area contributed by atoms with Gasteiger partial charge in [-0.1, -0.05) is 13.8 Å². The van der Waals surface area contributed by atoms with Crippen molar-refractivity contribution < 1.29 is 12.3 Å². The minimum Gasteiger partial charge on any atom is -0.301 e. The van der Waals surface area contributed by atoms with Gasteiger partial charge in [-0.25, -0.2) is 12.3 Å². The number of hydrogen-bond acceptors (Lipinski definition) is 1. The molecule has 0 aromatic rings. The highest BCUT2D eigenvalue weighted by molar-refractivity contribution is 6.58. The molecule has 0 bridgehead atoms. The lowest BCUT2D eigenvalue weighted by Gasteiger charge is -2.26. The second kappa shape index (κ2) is 5.65. The van der Waals surface area contributed by atoms with Crippen molar-refractivity contribution in [3.8, 4) is 0 Å². The molecule has 0 saturated carbocycles. The Kier molecular flexibility index (Phi) is 5.63. The van der Waals surface area contributed by atoms with Crippen molar-refractivity contribution in [1.29, 1.82) is 0 Å². The molecular formula is C8H18F3NSi. The second-order valence-corrected chi connectivity index (χ2v) is 4.95. The summed E-state index contributed by atoms with van der Waals surface area (Å²) in [4.78, 5) is 2.06. The van der Waals surface area contributed by atoms with Crippen LogP contribution >= 0.6 is 0 Å². The summed E-state index contributed by atoms with van der Waals surface area (Å²) in [6.07, 6.45) is 0.261. The Morgan fingerprint density at radius 1 is 1.15 bits per heavy atom. The normalized spacial score (nSPS) is 15.0. The maximum absolute atomic E-state index is 12.0. The van der Waals surface area contributed by atoms with Crippen LogP contribution in [0.3, 0.4) is 0 Å². The van der Waals surface area contributed by atoms with Crippen molar-refractivity contribution in [1.82, 2.24) is 4.90 Å². The van der Waals surface area contributed by atoms with E-state index in [0.29, 0.717) is 0 Å². The maximum atomic E-state index is 12.0. The van der Waals surface area contributed by atoms with Crippen LogP contribution in [-0.2, 0) is 0 Å². The minimum absolute atomic E-state index is 0.0594. The summed E-state index contributed by atoms with van der Waals surface area (Å²) in [6, 6.07) is -0.478. The van der Waals surface area contributed by atoms with Crippen LogP contribution in [0.5, 0.6) is 0 Å². The summed E-state index contributed by atoms with van der Waals surface area (Å²) in [5.74, 6) is 0. The fourth-order valence-corrected chi connectivity index (χ4v) is 2.15. The summed E-state index contributed by atoms with van der Waals surface area (Å²) in [5, 5.41) is 0. The highest BCUT2D eigenvalue weighted by Crippen LogP contribution is 2.19. The van der Waals surface area contributed by atoms with Crippen molar-refractivity contribution in [2.75, 3.05) is 13.1 Å². The fraction of sp³-hybridized carbons (Fsp3) is 1.00. The van der Waals surface area contributed by atoms with Crippen LogP contribution in [0.15, 0.2) is 0 Å². The summed E-state index contributed by atoms with van der Waals surface area (Å²) >= 11 is 0. The van der Waals surface area contributed by atoms with Gasteiger partial charge in [-0.2, -0.15) is 0 Å². The van der Waals surface area contributed by atoms with Gasteiger partial charge in [-0.15, -0.1) is 0 Å². The van der Waals surface area contributed by atoms with Gasteiger partial charge in [0.2, 0.25) is 0 Å². The van der Waals surface area contributed by atoms with Gasteiger partial charge in [0, 0.05) is 12.1 Å². The van der Waals surface area contributed by atoms with E-state index in [2.05, 4.69) is 4.90 Å². The van der Waals surface area contributed by atoms with Crippen LogP contribution in [-0.4, -0.2) is 33.1 Å². The quantitative estimate of drug-likeness (QED) is 0.484. The third-order valence-corrected chi connectivity index (χ3v) is 3.14. The molecule has 0 amide bonds. The average molecular weight is 213 g/mol. The SMILES string of the molecule is CCN(CC)C(C)CC[Si](F)(F)F. The number of nitrogens with zero attached hydrogens (tertiary/aromatic N) is 1. The Balaban J connectivity index is 3.78. The first kappa shape index (κ1) is 13.0. The van der Waals surface area contributed by atoms with Gasteiger partial charge in [-0.05, 0) is 26.4 Å². The van der Waals surface area contributed by atoms with E-state index in [1.165, 1.54) is 0 Å². The Morgan fingerprint density at radius 2 is 1.62 bits per heavy atom. The van der Waals surface area contributed by atoms with E-state index in [1.807, 2.05) is 20.8 Å². The molecule has 0 N–H and O–H groups in total. The molecular weight excluding hydrogens is 195 g/mol. The first-order valence-corrected chi connectivity index (χ1v) is 6.55. The topological polar surface area (TPSA) is 3.24 Å². The summed E-state index contributed by atoms with van der Waals surface area (Å²) < 4.78 is 36.0. The Bertz CT molecular complexity index is 134. The Labute approximate surface area is 79.5 Å². The number of rotatable bonds is 6.